The maximum absolute atomic E-state index is 12.9. The largest absolute Gasteiger partial charge is 0.348 e. The van der Waals surface area contributed by atoms with E-state index in [1.807, 2.05) is 30.3 Å². The Kier molecular flexibility index (Phi) is 8.35. The van der Waals surface area contributed by atoms with Gasteiger partial charge in [-0.1, -0.05) is 56.3 Å². The minimum atomic E-state index is -0.0167. The third kappa shape index (κ3) is 6.20. The van der Waals surface area contributed by atoms with Crippen LogP contribution >= 0.6 is 23.1 Å². The number of rotatable bonds is 10. The molecule has 29 heavy (non-hydrogen) atoms. The van der Waals surface area contributed by atoms with Crippen LogP contribution in [0.3, 0.4) is 0 Å². The Labute approximate surface area is 182 Å². The van der Waals surface area contributed by atoms with E-state index in [1.54, 1.807) is 23.1 Å². The molecule has 5 heteroatoms. The fourth-order valence-electron chi connectivity index (χ4n) is 3.17. The van der Waals surface area contributed by atoms with Crippen molar-refractivity contribution in [1.29, 1.82) is 0 Å². The molecule has 1 amide bonds. The normalized spacial score (nSPS) is 11.0. The summed E-state index contributed by atoms with van der Waals surface area (Å²) in [6, 6.07) is 20.4. The van der Waals surface area contributed by atoms with Crippen LogP contribution in [-0.2, 0) is 18.8 Å². The zero-order chi connectivity index (χ0) is 20.5. The second kappa shape index (κ2) is 11.2. The molecular formula is C24H28N2OS2. The Balaban J connectivity index is 1.66. The zero-order valence-electron chi connectivity index (χ0n) is 17.1. The van der Waals surface area contributed by atoms with Crippen LogP contribution in [0.4, 0.5) is 0 Å². The standard InChI is InChI=1S/C24H28N2OS2/c1-3-26(4-2)17-20-11-6-5-10-19(20)16-25-24(27)22-13-7-8-14-23(22)29-18-21-12-9-15-28-21/h5-15H,3-4,16-18H2,1-2H3,(H,25,27). The van der Waals surface area contributed by atoms with Crippen LogP contribution in [-0.4, -0.2) is 23.9 Å². The van der Waals surface area contributed by atoms with E-state index < -0.39 is 0 Å². The van der Waals surface area contributed by atoms with E-state index >= 15 is 0 Å². The molecule has 3 rings (SSSR count). The highest BCUT2D eigenvalue weighted by Gasteiger charge is 2.13. The highest BCUT2D eigenvalue weighted by Crippen LogP contribution is 2.28. The van der Waals surface area contributed by atoms with Crippen LogP contribution in [0.15, 0.2) is 70.9 Å². The van der Waals surface area contributed by atoms with Crippen molar-refractivity contribution >= 4 is 29.0 Å². The Hall–Kier alpha value is -2.08. The summed E-state index contributed by atoms with van der Waals surface area (Å²) < 4.78 is 0. The number of carbonyl (C=O) groups is 1. The first-order valence-electron chi connectivity index (χ1n) is 10.0. The van der Waals surface area contributed by atoms with Crippen LogP contribution in [0.5, 0.6) is 0 Å². The second-order valence-electron chi connectivity index (χ2n) is 6.78. The topological polar surface area (TPSA) is 32.3 Å². The summed E-state index contributed by atoms with van der Waals surface area (Å²) in [7, 11) is 0. The van der Waals surface area contributed by atoms with E-state index in [1.165, 1.54) is 16.0 Å². The van der Waals surface area contributed by atoms with Gasteiger partial charge in [-0.2, -0.15) is 0 Å². The molecule has 0 saturated heterocycles. The summed E-state index contributed by atoms with van der Waals surface area (Å²) in [4.78, 5) is 17.6. The van der Waals surface area contributed by atoms with Gasteiger partial charge in [0.2, 0.25) is 0 Å². The number of nitrogens with zero attached hydrogens (tertiary/aromatic N) is 1. The Bertz CT molecular complexity index is 905. The van der Waals surface area contributed by atoms with Crippen LogP contribution in [0.1, 0.15) is 40.2 Å². The summed E-state index contributed by atoms with van der Waals surface area (Å²) >= 11 is 3.46. The van der Waals surface area contributed by atoms with E-state index in [4.69, 9.17) is 0 Å². The fraction of sp³-hybridized carbons (Fsp3) is 0.292. The fourth-order valence-corrected chi connectivity index (χ4v) is 4.99. The van der Waals surface area contributed by atoms with Crippen molar-refractivity contribution in [1.82, 2.24) is 10.2 Å². The average molecular weight is 425 g/mol. The minimum Gasteiger partial charge on any atom is -0.348 e. The smallest absolute Gasteiger partial charge is 0.252 e. The van der Waals surface area contributed by atoms with Crippen molar-refractivity contribution in [2.45, 2.75) is 37.6 Å². The SMILES string of the molecule is CCN(CC)Cc1ccccc1CNC(=O)c1ccccc1SCc1cccs1. The number of thiophene rings is 1. The molecule has 0 aliphatic carbocycles. The van der Waals surface area contributed by atoms with Crippen molar-refractivity contribution in [3.8, 4) is 0 Å². The predicted octanol–water partition coefficient (Wildman–Crippen LogP) is 5.81. The molecule has 0 saturated carbocycles. The molecule has 3 aromatic rings. The number of carbonyl (C=O) groups excluding carboxylic acids is 1. The summed E-state index contributed by atoms with van der Waals surface area (Å²) in [5, 5.41) is 5.22. The van der Waals surface area contributed by atoms with Crippen LogP contribution in [0.2, 0.25) is 0 Å². The summed E-state index contributed by atoms with van der Waals surface area (Å²) in [6.07, 6.45) is 0. The first kappa shape index (κ1) is 21.6. The molecule has 1 aromatic heterocycles. The summed E-state index contributed by atoms with van der Waals surface area (Å²) in [5.41, 5.74) is 3.20. The number of thioether (sulfide) groups is 1. The Morgan fingerprint density at radius 1 is 0.966 bits per heavy atom. The van der Waals surface area contributed by atoms with E-state index in [0.717, 1.165) is 35.8 Å². The Morgan fingerprint density at radius 3 is 2.41 bits per heavy atom. The molecule has 1 heterocycles. The van der Waals surface area contributed by atoms with Gasteiger partial charge in [0.05, 0.1) is 5.56 Å². The molecule has 0 atom stereocenters. The van der Waals surface area contributed by atoms with Crippen molar-refractivity contribution in [2.24, 2.45) is 0 Å². The molecule has 0 unspecified atom stereocenters. The number of amides is 1. The number of nitrogens with one attached hydrogen (secondary N) is 1. The third-order valence-electron chi connectivity index (χ3n) is 4.93. The van der Waals surface area contributed by atoms with Gasteiger partial charge in [0, 0.05) is 28.6 Å². The molecule has 152 valence electrons. The summed E-state index contributed by atoms with van der Waals surface area (Å²) in [5.74, 6) is 0.867. The first-order valence-corrected chi connectivity index (χ1v) is 11.9. The van der Waals surface area contributed by atoms with Crippen molar-refractivity contribution in [3.63, 3.8) is 0 Å². The highest BCUT2D eigenvalue weighted by molar-refractivity contribution is 7.98. The number of hydrogen-bond donors (Lipinski definition) is 1. The van der Waals surface area contributed by atoms with Crippen molar-refractivity contribution < 1.29 is 4.79 Å². The molecule has 0 spiro atoms. The van der Waals surface area contributed by atoms with Gasteiger partial charge >= 0.3 is 0 Å². The van der Waals surface area contributed by atoms with Crippen LogP contribution in [0, 0.1) is 0 Å². The molecule has 0 fully saturated rings. The first-order chi connectivity index (χ1) is 14.2. The molecule has 0 aliphatic heterocycles. The lowest BCUT2D eigenvalue weighted by atomic mass is 10.1. The summed E-state index contributed by atoms with van der Waals surface area (Å²) in [6.45, 7) is 7.85. The van der Waals surface area contributed by atoms with Crippen LogP contribution < -0.4 is 5.32 Å². The van der Waals surface area contributed by atoms with Gasteiger partial charge in [0.1, 0.15) is 0 Å². The lowest BCUT2D eigenvalue weighted by molar-refractivity contribution is 0.0948. The van der Waals surface area contributed by atoms with E-state index in [2.05, 4.69) is 59.8 Å². The average Bonchev–Trinajstić information content (AvgIpc) is 3.29. The highest BCUT2D eigenvalue weighted by atomic mass is 32.2. The van der Waals surface area contributed by atoms with Gasteiger partial charge in [-0.15, -0.1) is 23.1 Å². The van der Waals surface area contributed by atoms with Gasteiger partial charge < -0.3 is 5.32 Å². The zero-order valence-corrected chi connectivity index (χ0v) is 18.7. The molecule has 0 radical (unpaired) electrons. The van der Waals surface area contributed by atoms with Gasteiger partial charge in [-0.25, -0.2) is 0 Å². The monoisotopic (exact) mass is 424 g/mol. The molecule has 0 bridgehead atoms. The van der Waals surface area contributed by atoms with Gasteiger partial charge in [0.15, 0.2) is 0 Å². The quantitative estimate of drug-likeness (QED) is 0.417. The van der Waals surface area contributed by atoms with E-state index in [0.29, 0.717) is 6.54 Å². The number of hydrogen-bond acceptors (Lipinski definition) is 4. The minimum absolute atomic E-state index is 0.0167. The molecule has 2 aromatic carbocycles. The number of benzene rings is 2. The van der Waals surface area contributed by atoms with Gasteiger partial charge in [0.25, 0.3) is 5.91 Å². The van der Waals surface area contributed by atoms with Crippen molar-refractivity contribution in [3.05, 3.63) is 87.6 Å². The molecule has 0 aliphatic rings. The van der Waals surface area contributed by atoms with Crippen LogP contribution in [0.25, 0.3) is 0 Å². The molecular weight excluding hydrogens is 396 g/mol. The van der Waals surface area contributed by atoms with E-state index in [-0.39, 0.29) is 5.91 Å². The second-order valence-corrected chi connectivity index (χ2v) is 8.83. The maximum atomic E-state index is 12.9. The lowest BCUT2D eigenvalue weighted by Crippen LogP contribution is -2.26. The predicted molar refractivity (Wildman–Crippen MR) is 125 cm³/mol. The van der Waals surface area contributed by atoms with E-state index in [9.17, 15) is 4.79 Å². The molecule has 3 nitrogen and oxygen atoms in total. The van der Waals surface area contributed by atoms with Gasteiger partial charge in [-0.3, -0.25) is 9.69 Å². The third-order valence-corrected chi connectivity index (χ3v) is 7.11. The lowest BCUT2D eigenvalue weighted by Gasteiger charge is -2.20. The van der Waals surface area contributed by atoms with Gasteiger partial charge in [-0.05, 0) is 47.8 Å². The molecule has 1 N–H and O–H groups in total. The maximum Gasteiger partial charge on any atom is 0.252 e. The Morgan fingerprint density at radius 2 is 1.69 bits per heavy atom. The van der Waals surface area contributed by atoms with Crippen molar-refractivity contribution in [2.75, 3.05) is 13.1 Å².